The molecule has 0 radical (unpaired) electrons. The Hall–Kier alpha value is -1.08. The van der Waals surface area contributed by atoms with E-state index in [1.807, 2.05) is 5.38 Å². The number of hydrogen-bond donors (Lipinski definition) is 1. The Labute approximate surface area is 107 Å². The van der Waals surface area contributed by atoms with Crippen molar-refractivity contribution in [1.82, 2.24) is 15.2 Å². The molecule has 0 bridgehead atoms. The molecule has 1 aromatic heterocycles. The maximum absolute atomic E-state index is 12.3. The molecule has 1 spiro atoms. The zero-order valence-electron chi connectivity index (χ0n) is 9.01. The molecule has 7 heteroatoms. The van der Waals surface area contributed by atoms with Crippen molar-refractivity contribution in [3.63, 3.8) is 0 Å². The Morgan fingerprint density at radius 2 is 2.41 bits per heavy atom. The molecule has 2 aliphatic heterocycles. The minimum Gasteiger partial charge on any atom is -0.322 e. The van der Waals surface area contributed by atoms with Crippen molar-refractivity contribution in [2.75, 3.05) is 11.5 Å². The molecule has 3 heterocycles. The number of nitrogens with one attached hydrogen (secondary N) is 1. The molecular formula is C10H11N3O2S2. The molecule has 90 valence electrons. The number of thioether (sulfide) groups is 1. The van der Waals surface area contributed by atoms with Gasteiger partial charge in [0.1, 0.15) is 10.5 Å². The highest BCUT2D eigenvalue weighted by molar-refractivity contribution is 7.99. The lowest BCUT2D eigenvalue weighted by Gasteiger charge is -2.18. The first kappa shape index (κ1) is 11.0. The molecule has 1 atom stereocenters. The van der Waals surface area contributed by atoms with Crippen LogP contribution in [-0.4, -0.2) is 38.9 Å². The minimum absolute atomic E-state index is 0.0947. The van der Waals surface area contributed by atoms with E-state index in [1.165, 1.54) is 16.2 Å². The van der Waals surface area contributed by atoms with Crippen LogP contribution >= 0.6 is 23.1 Å². The predicted octanol–water partition coefficient (Wildman–Crippen LogP) is 1.07. The lowest BCUT2D eigenvalue weighted by molar-refractivity contribution is -0.130. The molecule has 2 aliphatic rings. The number of thiazole rings is 1. The van der Waals surface area contributed by atoms with E-state index in [1.54, 1.807) is 18.0 Å². The molecule has 1 N–H and O–H groups in total. The highest BCUT2D eigenvalue weighted by atomic mass is 32.2. The van der Waals surface area contributed by atoms with Crippen LogP contribution in [0.25, 0.3) is 0 Å². The maximum atomic E-state index is 12.3. The number of nitrogens with zero attached hydrogens (tertiary/aromatic N) is 2. The molecular weight excluding hydrogens is 258 g/mol. The third kappa shape index (κ3) is 1.73. The van der Waals surface area contributed by atoms with Gasteiger partial charge in [-0.1, -0.05) is 0 Å². The van der Waals surface area contributed by atoms with E-state index in [2.05, 4.69) is 10.3 Å². The van der Waals surface area contributed by atoms with Crippen molar-refractivity contribution in [3.05, 3.63) is 16.6 Å². The normalized spacial score (nSPS) is 28.1. The first-order valence-electron chi connectivity index (χ1n) is 5.31. The van der Waals surface area contributed by atoms with Crippen LogP contribution in [0.4, 0.5) is 4.79 Å². The largest absolute Gasteiger partial charge is 0.325 e. The lowest BCUT2D eigenvalue weighted by atomic mass is 9.99. The summed E-state index contributed by atoms with van der Waals surface area (Å²) in [6, 6.07) is -0.285. The number of carbonyl (C=O) groups excluding carboxylic acids is 2. The summed E-state index contributed by atoms with van der Waals surface area (Å²) in [5.74, 6) is 1.52. The van der Waals surface area contributed by atoms with Gasteiger partial charge in [0.25, 0.3) is 5.91 Å². The fraction of sp³-hybridized carbons (Fsp3) is 0.500. The number of carbonyl (C=O) groups is 2. The van der Waals surface area contributed by atoms with Gasteiger partial charge in [-0.25, -0.2) is 9.78 Å². The summed E-state index contributed by atoms with van der Waals surface area (Å²) < 4.78 is 0. The monoisotopic (exact) mass is 269 g/mol. The van der Waals surface area contributed by atoms with Gasteiger partial charge in [0.15, 0.2) is 0 Å². The van der Waals surface area contributed by atoms with E-state index in [0.29, 0.717) is 5.75 Å². The van der Waals surface area contributed by atoms with E-state index in [0.717, 1.165) is 17.2 Å². The van der Waals surface area contributed by atoms with Crippen LogP contribution in [0.2, 0.25) is 0 Å². The summed E-state index contributed by atoms with van der Waals surface area (Å²) in [6.45, 7) is 0.286. The van der Waals surface area contributed by atoms with Gasteiger partial charge in [-0.15, -0.1) is 11.3 Å². The van der Waals surface area contributed by atoms with E-state index in [-0.39, 0.29) is 18.5 Å². The van der Waals surface area contributed by atoms with Gasteiger partial charge in [-0.3, -0.25) is 9.69 Å². The van der Waals surface area contributed by atoms with Crippen molar-refractivity contribution in [2.24, 2.45) is 0 Å². The zero-order chi connectivity index (χ0) is 11.9. The van der Waals surface area contributed by atoms with Crippen LogP contribution in [0, 0.1) is 0 Å². The van der Waals surface area contributed by atoms with Crippen molar-refractivity contribution >= 4 is 35.0 Å². The van der Waals surface area contributed by atoms with Crippen molar-refractivity contribution in [3.8, 4) is 0 Å². The van der Waals surface area contributed by atoms with Gasteiger partial charge in [0.2, 0.25) is 0 Å². The molecule has 0 aliphatic carbocycles. The van der Waals surface area contributed by atoms with Crippen LogP contribution in [0.5, 0.6) is 0 Å². The van der Waals surface area contributed by atoms with Crippen LogP contribution in [-0.2, 0) is 11.3 Å². The fourth-order valence-electron chi connectivity index (χ4n) is 2.12. The number of urea groups is 1. The van der Waals surface area contributed by atoms with Crippen molar-refractivity contribution in [2.45, 2.75) is 18.5 Å². The van der Waals surface area contributed by atoms with Gasteiger partial charge in [-0.05, 0) is 12.2 Å². The standard InChI is InChI=1S/C10H11N3O2S2/c14-8-10(1-3-16-6-10)12-9(15)13(8)5-7-11-2-4-17-7/h2,4H,1,3,5-6H2,(H,12,15). The van der Waals surface area contributed by atoms with E-state index in [4.69, 9.17) is 0 Å². The molecule has 1 aromatic rings. The van der Waals surface area contributed by atoms with Gasteiger partial charge in [0, 0.05) is 17.3 Å². The Balaban J connectivity index is 1.82. The van der Waals surface area contributed by atoms with Gasteiger partial charge in [-0.2, -0.15) is 11.8 Å². The average molecular weight is 269 g/mol. The van der Waals surface area contributed by atoms with Crippen molar-refractivity contribution < 1.29 is 9.59 Å². The SMILES string of the molecule is O=C1NC2(CCSC2)C(=O)N1Cc1nccs1. The minimum atomic E-state index is -0.640. The molecule has 0 saturated carbocycles. The Bertz CT molecular complexity index is 454. The fourth-order valence-corrected chi connectivity index (χ4v) is 4.05. The average Bonchev–Trinajstić information content (AvgIpc) is 2.99. The van der Waals surface area contributed by atoms with Gasteiger partial charge >= 0.3 is 6.03 Å². The van der Waals surface area contributed by atoms with E-state index < -0.39 is 5.54 Å². The topological polar surface area (TPSA) is 62.3 Å². The molecule has 17 heavy (non-hydrogen) atoms. The quantitative estimate of drug-likeness (QED) is 0.816. The van der Waals surface area contributed by atoms with Crippen LogP contribution in [0.1, 0.15) is 11.4 Å². The Morgan fingerprint density at radius 3 is 3.06 bits per heavy atom. The number of hydrogen-bond acceptors (Lipinski definition) is 5. The second kappa shape index (κ2) is 3.99. The first-order valence-corrected chi connectivity index (χ1v) is 7.35. The second-order valence-corrected chi connectivity index (χ2v) is 6.22. The third-order valence-electron chi connectivity index (χ3n) is 3.04. The van der Waals surface area contributed by atoms with E-state index >= 15 is 0 Å². The van der Waals surface area contributed by atoms with Crippen LogP contribution < -0.4 is 5.32 Å². The molecule has 0 aromatic carbocycles. The second-order valence-electron chi connectivity index (χ2n) is 4.13. The van der Waals surface area contributed by atoms with Gasteiger partial charge in [0.05, 0.1) is 6.54 Å². The number of rotatable bonds is 2. The van der Waals surface area contributed by atoms with Crippen molar-refractivity contribution in [1.29, 1.82) is 0 Å². The molecule has 3 amide bonds. The van der Waals surface area contributed by atoms with E-state index in [9.17, 15) is 9.59 Å². The highest BCUT2D eigenvalue weighted by Gasteiger charge is 2.52. The highest BCUT2D eigenvalue weighted by Crippen LogP contribution is 2.33. The summed E-state index contributed by atoms with van der Waals surface area (Å²) in [6.07, 6.45) is 2.41. The Morgan fingerprint density at radius 1 is 1.53 bits per heavy atom. The number of amides is 3. The Kier molecular flexibility index (Phi) is 2.59. The summed E-state index contributed by atoms with van der Waals surface area (Å²) in [5, 5.41) is 5.47. The van der Waals surface area contributed by atoms with Crippen LogP contribution in [0.15, 0.2) is 11.6 Å². The molecule has 2 fully saturated rings. The summed E-state index contributed by atoms with van der Waals surface area (Å²) in [7, 11) is 0. The molecule has 3 rings (SSSR count). The lowest BCUT2D eigenvalue weighted by Crippen LogP contribution is -2.46. The first-order chi connectivity index (χ1) is 8.21. The van der Waals surface area contributed by atoms with Gasteiger partial charge < -0.3 is 5.32 Å². The number of aromatic nitrogens is 1. The summed E-state index contributed by atoms with van der Waals surface area (Å²) in [5.41, 5.74) is -0.640. The maximum Gasteiger partial charge on any atom is 0.325 e. The summed E-state index contributed by atoms with van der Waals surface area (Å²) in [4.78, 5) is 29.5. The number of imide groups is 1. The molecule has 1 unspecified atom stereocenters. The summed E-state index contributed by atoms with van der Waals surface area (Å²) >= 11 is 3.17. The van der Waals surface area contributed by atoms with Crippen LogP contribution in [0.3, 0.4) is 0 Å². The zero-order valence-corrected chi connectivity index (χ0v) is 10.6. The molecule has 5 nitrogen and oxygen atoms in total. The third-order valence-corrected chi connectivity index (χ3v) is 5.00. The predicted molar refractivity (Wildman–Crippen MR) is 65.9 cm³/mol. The smallest absolute Gasteiger partial charge is 0.322 e. The molecule has 2 saturated heterocycles.